The van der Waals surface area contributed by atoms with Gasteiger partial charge in [0.15, 0.2) is 0 Å². The predicted octanol–water partition coefficient (Wildman–Crippen LogP) is 3.39. The van der Waals surface area contributed by atoms with Crippen LogP contribution in [0.4, 0.5) is 10.5 Å². The molecule has 0 heterocycles. The number of benzene rings is 3. The van der Waals surface area contributed by atoms with Crippen molar-refractivity contribution >= 4 is 28.4 Å². The highest BCUT2D eigenvalue weighted by Gasteiger charge is 2.06. The van der Waals surface area contributed by atoms with Crippen molar-refractivity contribution < 1.29 is 9.59 Å². The number of anilines is 1. The molecule has 0 aliphatic heterocycles. The zero-order chi connectivity index (χ0) is 17.5. The van der Waals surface area contributed by atoms with Crippen LogP contribution in [0.5, 0.6) is 0 Å². The van der Waals surface area contributed by atoms with E-state index in [4.69, 9.17) is 0 Å². The van der Waals surface area contributed by atoms with Gasteiger partial charge >= 0.3 is 6.03 Å². The highest BCUT2D eigenvalue weighted by Crippen LogP contribution is 2.22. The maximum atomic E-state index is 12.0. The van der Waals surface area contributed by atoms with Gasteiger partial charge in [0.25, 0.3) is 5.91 Å². The fraction of sp³-hybridized carbons (Fsp3) is 0.100. The van der Waals surface area contributed by atoms with Crippen LogP contribution >= 0.6 is 0 Å². The van der Waals surface area contributed by atoms with Gasteiger partial charge in [0.05, 0.1) is 5.69 Å². The molecule has 126 valence electrons. The van der Waals surface area contributed by atoms with E-state index in [0.717, 1.165) is 16.5 Å². The lowest BCUT2D eigenvalue weighted by Crippen LogP contribution is -2.36. The van der Waals surface area contributed by atoms with Crippen molar-refractivity contribution in [3.8, 4) is 0 Å². The number of carbonyl (C=O) groups is 2. The maximum Gasteiger partial charge on any atom is 0.319 e. The summed E-state index contributed by atoms with van der Waals surface area (Å²) in [7, 11) is 0. The van der Waals surface area contributed by atoms with E-state index in [1.165, 1.54) is 0 Å². The van der Waals surface area contributed by atoms with Crippen LogP contribution in [0, 0.1) is 0 Å². The van der Waals surface area contributed by atoms with Crippen LogP contribution in [0.25, 0.3) is 10.8 Å². The minimum atomic E-state index is -0.301. The zero-order valence-electron chi connectivity index (χ0n) is 13.7. The van der Waals surface area contributed by atoms with Gasteiger partial charge in [-0.3, -0.25) is 4.79 Å². The van der Waals surface area contributed by atoms with E-state index >= 15 is 0 Å². The van der Waals surface area contributed by atoms with Gasteiger partial charge in [0.1, 0.15) is 0 Å². The van der Waals surface area contributed by atoms with Gasteiger partial charge in [-0.1, -0.05) is 54.6 Å². The van der Waals surface area contributed by atoms with Crippen LogP contribution in [0.2, 0.25) is 0 Å². The molecule has 3 aromatic rings. The molecule has 5 heteroatoms. The van der Waals surface area contributed by atoms with Crippen molar-refractivity contribution in [2.45, 2.75) is 0 Å². The number of fused-ring (bicyclic) bond motifs is 1. The molecule has 3 aromatic carbocycles. The van der Waals surface area contributed by atoms with Crippen molar-refractivity contribution in [2.24, 2.45) is 0 Å². The van der Waals surface area contributed by atoms with E-state index in [1.54, 1.807) is 12.1 Å². The summed E-state index contributed by atoms with van der Waals surface area (Å²) in [4.78, 5) is 23.9. The summed E-state index contributed by atoms with van der Waals surface area (Å²) < 4.78 is 0. The number of urea groups is 1. The first-order chi connectivity index (χ1) is 12.2. The molecular weight excluding hydrogens is 314 g/mol. The Hall–Kier alpha value is -3.34. The molecule has 0 aromatic heterocycles. The molecule has 3 amide bonds. The Labute approximate surface area is 146 Å². The molecule has 0 unspecified atom stereocenters. The monoisotopic (exact) mass is 333 g/mol. The normalized spacial score (nSPS) is 10.2. The smallest absolute Gasteiger partial charge is 0.319 e. The molecule has 0 aliphatic rings. The third-order valence-corrected chi connectivity index (χ3v) is 3.77. The number of hydrogen-bond donors (Lipinski definition) is 3. The second-order valence-electron chi connectivity index (χ2n) is 5.53. The zero-order valence-corrected chi connectivity index (χ0v) is 13.7. The summed E-state index contributed by atoms with van der Waals surface area (Å²) in [6.07, 6.45) is 0. The van der Waals surface area contributed by atoms with Crippen molar-refractivity contribution in [2.75, 3.05) is 18.4 Å². The number of hydrogen-bond acceptors (Lipinski definition) is 2. The predicted molar refractivity (Wildman–Crippen MR) is 99.7 cm³/mol. The van der Waals surface area contributed by atoms with Crippen LogP contribution in [-0.4, -0.2) is 25.0 Å². The lowest BCUT2D eigenvalue weighted by molar-refractivity contribution is 0.0954. The minimum absolute atomic E-state index is 0.156. The lowest BCUT2D eigenvalue weighted by atomic mass is 10.1. The quantitative estimate of drug-likeness (QED) is 0.626. The number of amides is 3. The standard InChI is InChI=1S/C20H19N3O2/c24-19(16-8-2-1-3-9-16)21-13-14-22-20(25)23-18-12-6-10-15-7-4-5-11-17(15)18/h1-12H,13-14H2,(H,21,24)(H2,22,23,25). The van der Waals surface area contributed by atoms with E-state index in [1.807, 2.05) is 60.7 Å². The molecule has 0 spiro atoms. The average Bonchev–Trinajstić information content (AvgIpc) is 2.66. The first-order valence-corrected chi connectivity index (χ1v) is 8.10. The van der Waals surface area contributed by atoms with Crippen LogP contribution in [0.1, 0.15) is 10.4 Å². The molecule has 0 saturated heterocycles. The van der Waals surface area contributed by atoms with Crippen LogP contribution < -0.4 is 16.0 Å². The third kappa shape index (κ3) is 4.35. The molecule has 25 heavy (non-hydrogen) atoms. The summed E-state index contributed by atoms with van der Waals surface area (Å²) in [5.41, 5.74) is 1.35. The second kappa shape index (κ2) is 7.97. The van der Waals surface area contributed by atoms with E-state index < -0.39 is 0 Å². The maximum absolute atomic E-state index is 12.0. The summed E-state index contributed by atoms with van der Waals surface area (Å²) in [5.74, 6) is -0.156. The topological polar surface area (TPSA) is 70.2 Å². The summed E-state index contributed by atoms with van der Waals surface area (Å²) in [6.45, 7) is 0.700. The third-order valence-electron chi connectivity index (χ3n) is 3.77. The molecule has 0 saturated carbocycles. The molecular formula is C20H19N3O2. The average molecular weight is 333 g/mol. The molecule has 0 atom stereocenters. The number of carbonyl (C=O) groups excluding carboxylic acids is 2. The summed E-state index contributed by atoms with van der Waals surface area (Å²) in [6, 6.07) is 22.3. The Morgan fingerprint density at radius 1 is 0.720 bits per heavy atom. The Morgan fingerprint density at radius 2 is 1.40 bits per heavy atom. The Bertz CT molecular complexity index is 873. The van der Waals surface area contributed by atoms with Crippen molar-refractivity contribution in [1.82, 2.24) is 10.6 Å². The molecule has 3 rings (SSSR count). The lowest BCUT2D eigenvalue weighted by Gasteiger charge is -2.10. The van der Waals surface area contributed by atoms with Crippen molar-refractivity contribution in [3.63, 3.8) is 0 Å². The molecule has 5 nitrogen and oxygen atoms in total. The molecule has 0 bridgehead atoms. The molecule has 0 radical (unpaired) electrons. The summed E-state index contributed by atoms with van der Waals surface area (Å²) >= 11 is 0. The summed E-state index contributed by atoms with van der Waals surface area (Å²) in [5, 5.41) is 10.4. The Morgan fingerprint density at radius 3 is 2.24 bits per heavy atom. The highest BCUT2D eigenvalue weighted by molar-refractivity contribution is 6.01. The Kier molecular flexibility index (Phi) is 5.26. The number of rotatable bonds is 5. The van der Waals surface area contributed by atoms with E-state index in [0.29, 0.717) is 18.7 Å². The largest absolute Gasteiger partial charge is 0.350 e. The Balaban J connectivity index is 1.47. The second-order valence-corrected chi connectivity index (χ2v) is 5.53. The van der Waals surface area contributed by atoms with Crippen molar-refractivity contribution in [1.29, 1.82) is 0 Å². The van der Waals surface area contributed by atoms with Crippen LogP contribution in [0.15, 0.2) is 72.8 Å². The SMILES string of the molecule is O=C(NCCNC(=O)c1ccccc1)Nc1cccc2ccccc12. The first-order valence-electron chi connectivity index (χ1n) is 8.10. The fourth-order valence-electron chi connectivity index (χ4n) is 2.54. The van der Waals surface area contributed by atoms with E-state index in [-0.39, 0.29) is 11.9 Å². The minimum Gasteiger partial charge on any atom is -0.350 e. The van der Waals surface area contributed by atoms with Gasteiger partial charge in [-0.05, 0) is 23.6 Å². The van der Waals surface area contributed by atoms with Crippen molar-refractivity contribution in [3.05, 3.63) is 78.4 Å². The molecule has 0 aliphatic carbocycles. The van der Waals surface area contributed by atoms with Crippen LogP contribution in [-0.2, 0) is 0 Å². The van der Waals surface area contributed by atoms with Gasteiger partial charge in [0.2, 0.25) is 0 Å². The van der Waals surface area contributed by atoms with Crippen LogP contribution in [0.3, 0.4) is 0 Å². The van der Waals surface area contributed by atoms with Gasteiger partial charge in [-0.25, -0.2) is 4.79 Å². The van der Waals surface area contributed by atoms with Gasteiger partial charge in [-0.15, -0.1) is 0 Å². The van der Waals surface area contributed by atoms with E-state index in [2.05, 4.69) is 16.0 Å². The van der Waals surface area contributed by atoms with Gasteiger partial charge in [0, 0.05) is 24.0 Å². The van der Waals surface area contributed by atoms with Gasteiger partial charge < -0.3 is 16.0 Å². The first kappa shape index (κ1) is 16.5. The van der Waals surface area contributed by atoms with E-state index in [9.17, 15) is 9.59 Å². The molecule has 0 fully saturated rings. The number of nitrogens with one attached hydrogen (secondary N) is 3. The molecule has 3 N–H and O–H groups in total. The fourth-order valence-corrected chi connectivity index (χ4v) is 2.54. The van der Waals surface area contributed by atoms with Gasteiger partial charge in [-0.2, -0.15) is 0 Å². The highest BCUT2D eigenvalue weighted by atomic mass is 16.2.